The van der Waals surface area contributed by atoms with Crippen LogP contribution in [0.2, 0.25) is 0 Å². The van der Waals surface area contributed by atoms with Gasteiger partial charge in [-0.3, -0.25) is 4.79 Å². The maximum Gasteiger partial charge on any atom is 0.240 e. The third-order valence-electron chi connectivity index (χ3n) is 4.67. The topological polar surface area (TPSA) is 66.5 Å². The smallest absolute Gasteiger partial charge is 0.240 e. The fraction of sp³-hybridized carbons (Fsp3) is 0.350. The van der Waals surface area contributed by atoms with Crippen LogP contribution in [0.25, 0.3) is 0 Å². The highest BCUT2D eigenvalue weighted by Crippen LogP contribution is 2.32. The lowest BCUT2D eigenvalue weighted by Gasteiger charge is -2.25. The lowest BCUT2D eigenvalue weighted by molar-refractivity contribution is 0.0967. The number of carbonyl (C=O) groups excluding carboxylic acids is 1. The SMILES string of the molecule is CN(C)C(CNS(=O)(=O)c1ccc(C(=O)C2CC2)cc1)c1ccccc1. The standard InChI is InChI=1S/C20H24N2O3S/c1-22(2)19(15-6-4-3-5-7-15)14-21-26(24,25)18-12-10-17(11-13-18)20(23)16-8-9-16/h3-7,10-13,16,19,21H,8-9,14H2,1-2H3. The maximum atomic E-state index is 12.6. The maximum absolute atomic E-state index is 12.6. The highest BCUT2D eigenvalue weighted by molar-refractivity contribution is 7.89. The Kier molecular flexibility index (Phi) is 5.55. The van der Waals surface area contributed by atoms with Crippen LogP contribution >= 0.6 is 0 Å². The second kappa shape index (κ2) is 7.70. The van der Waals surface area contributed by atoms with Crippen LogP contribution in [0.3, 0.4) is 0 Å². The zero-order valence-electron chi connectivity index (χ0n) is 15.1. The van der Waals surface area contributed by atoms with E-state index in [9.17, 15) is 13.2 Å². The summed E-state index contributed by atoms with van der Waals surface area (Å²) >= 11 is 0. The van der Waals surface area contributed by atoms with Crippen LogP contribution in [0.1, 0.15) is 34.8 Å². The molecule has 0 radical (unpaired) electrons. The predicted octanol–water partition coefficient (Wildman–Crippen LogP) is 2.86. The molecule has 1 unspecified atom stereocenters. The van der Waals surface area contributed by atoms with Gasteiger partial charge in [-0.25, -0.2) is 13.1 Å². The first-order valence-electron chi connectivity index (χ1n) is 8.74. The van der Waals surface area contributed by atoms with Gasteiger partial charge in [0.1, 0.15) is 0 Å². The van der Waals surface area contributed by atoms with Crippen molar-refractivity contribution in [3.8, 4) is 0 Å². The molecule has 0 saturated heterocycles. The first kappa shape index (κ1) is 18.8. The van der Waals surface area contributed by atoms with Gasteiger partial charge >= 0.3 is 0 Å². The summed E-state index contributed by atoms with van der Waals surface area (Å²) in [6.07, 6.45) is 1.87. The average molecular weight is 372 g/mol. The zero-order chi connectivity index (χ0) is 18.7. The van der Waals surface area contributed by atoms with E-state index in [0.29, 0.717) is 5.56 Å². The fourth-order valence-corrected chi connectivity index (χ4v) is 3.96. The van der Waals surface area contributed by atoms with Crippen LogP contribution in [0.5, 0.6) is 0 Å². The normalized spacial score (nSPS) is 15.8. The quantitative estimate of drug-likeness (QED) is 0.724. The Morgan fingerprint density at radius 1 is 1.08 bits per heavy atom. The Morgan fingerprint density at radius 3 is 2.23 bits per heavy atom. The Morgan fingerprint density at radius 2 is 1.69 bits per heavy atom. The molecule has 0 spiro atoms. The number of hydrogen-bond donors (Lipinski definition) is 1. The molecular formula is C20H24N2O3S. The molecule has 1 aliphatic rings. The minimum atomic E-state index is -3.63. The van der Waals surface area contributed by atoms with E-state index in [1.807, 2.05) is 49.3 Å². The van der Waals surface area contributed by atoms with Crippen molar-refractivity contribution in [2.45, 2.75) is 23.8 Å². The molecule has 1 saturated carbocycles. The monoisotopic (exact) mass is 372 g/mol. The second-order valence-electron chi connectivity index (χ2n) is 6.90. The Balaban J connectivity index is 1.70. The van der Waals surface area contributed by atoms with Gasteiger partial charge < -0.3 is 4.90 Å². The van der Waals surface area contributed by atoms with Gasteiger partial charge in [0.05, 0.1) is 4.90 Å². The number of likely N-dealkylation sites (N-methyl/N-ethyl adjacent to an activating group) is 1. The minimum Gasteiger partial charge on any atom is -0.301 e. The van der Waals surface area contributed by atoms with Crippen LogP contribution < -0.4 is 4.72 Å². The summed E-state index contributed by atoms with van der Waals surface area (Å²) in [5.41, 5.74) is 1.63. The molecule has 0 aliphatic heterocycles. The van der Waals surface area contributed by atoms with Crippen molar-refractivity contribution in [3.63, 3.8) is 0 Å². The predicted molar refractivity (Wildman–Crippen MR) is 102 cm³/mol. The van der Waals surface area contributed by atoms with E-state index in [0.717, 1.165) is 18.4 Å². The van der Waals surface area contributed by atoms with E-state index < -0.39 is 10.0 Å². The summed E-state index contributed by atoms with van der Waals surface area (Å²) in [6, 6.07) is 15.9. The molecule has 0 heterocycles. The van der Waals surface area contributed by atoms with Crippen molar-refractivity contribution in [2.75, 3.05) is 20.6 Å². The molecular weight excluding hydrogens is 348 g/mol. The van der Waals surface area contributed by atoms with Gasteiger partial charge in [-0.1, -0.05) is 42.5 Å². The van der Waals surface area contributed by atoms with E-state index in [-0.39, 0.29) is 29.2 Å². The van der Waals surface area contributed by atoms with E-state index in [1.54, 1.807) is 12.1 Å². The van der Waals surface area contributed by atoms with Gasteiger partial charge in [0.15, 0.2) is 5.78 Å². The molecule has 0 bridgehead atoms. The zero-order valence-corrected chi connectivity index (χ0v) is 15.9. The lowest BCUT2D eigenvalue weighted by Crippen LogP contribution is -2.34. The van der Waals surface area contributed by atoms with Crippen LogP contribution in [0.4, 0.5) is 0 Å². The van der Waals surface area contributed by atoms with Crippen LogP contribution in [0.15, 0.2) is 59.5 Å². The van der Waals surface area contributed by atoms with Crippen molar-refractivity contribution in [3.05, 3.63) is 65.7 Å². The number of nitrogens with one attached hydrogen (secondary N) is 1. The molecule has 5 nitrogen and oxygen atoms in total. The number of carbonyl (C=O) groups is 1. The number of Topliss-reactive ketones (excluding diaryl/α,β-unsaturated/α-hetero) is 1. The third kappa shape index (κ3) is 4.38. The summed E-state index contributed by atoms with van der Waals surface area (Å²) in [6.45, 7) is 0.266. The highest BCUT2D eigenvalue weighted by Gasteiger charge is 2.30. The third-order valence-corrected chi connectivity index (χ3v) is 6.11. The van der Waals surface area contributed by atoms with Gasteiger partial charge in [-0.2, -0.15) is 0 Å². The Bertz CT molecular complexity index is 858. The summed E-state index contributed by atoms with van der Waals surface area (Å²) in [7, 11) is 0.210. The molecule has 2 aromatic carbocycles. The number of ketones is 1. The van der Waals surface area contributed by atoms with Crippen molar-refractivity contribution >= 4 is 15.8 Å². The van der Waals surface area contributed by atoms with E-state index in [1.165, 1.54) is 12.1 Å². The second-order valence-corrected chi connectivity index (χ2v) is 8.67. The molecule has 0 aromatic heterocycles. The minimum absolute atomic E-state index is 0.0679. The summed E-state index contributed by atoms with van der Waals surface area (Å²) in [4.78, 5) is 14.2. The summed E-state index contributed by atoms with van der Waals surface area (Å²) in [5, 5.41) is 0. The number of benzene rings is 2. The van der Waals surface area contributed by atoms with Gasteiger partial charge in [-0.15, -0.1) is 0 Å². The Labute approximate surface area is 155 Å². The fourth-order valence-electron chi connectivity index (χ4n) is 2.93. The summed E-state index contributed by atoms with van der Waals surface area (Å²) in [5.74, 6) is 0.237. The molecule has 1 fully saturated rings. The van der Waals surface area contributed by atoms with Crippen LogP contribution in [0, 0.1) is 5.92 Å². The number of rotatable bonds is 8. The molecule has 6 heteroatoms. The van der Waals surface area contributed by atoms with Crippen molar-refractivity contribution in [1.82, 2.24) is 9.62 Å². The molecule has 1 atom stereocenters. The largest absolute Gasteiger partial charge is 0.301 e. The van der Waals surface area contributed by atoms with Crippen LogP contribution in [-0.2, 0) is 10.0 Å². The number of hydrogen-bond acceptors (Lipinski definition) is 4. The molecule has 1 aliphatic carbocycles. The van der Waals surface area contributed by atoms with E-state index >= 15 is 0 Å². The molecule has 2 aromatic rings. The van der Waals surface area contributed by atoms with Crippen molar-refractivity contribution in [2.24, 2.45) is 5.92 Å². The first-order valence-corrected chi connectivity index (χ1v) is 10.2. The molecule has 26 heavy (non-hydrogen) atoms. The van der Waals surface area contributed by atoms with E-state index in [4.69, 9.17) is 0 Å². The number of sulfonamides is 1. The van der Waals surface area contributed by atoms with Crippen molar-refractivity contribution < 1.29 is 13.2 Å². The summed E-state index contributed by atoms with van der Waals surface area (Å²) < 4.78 is 27.9. The lowest BCUT2D eigenvalue weighted by atomic mass is 10.1. The number of nitrogens with zero attached hydrogens (tertiary/aromatic N) is 1. The molecule has 1 N–H and O–H groups in total. The molecule has 138 valence electrons. The highest BCUT2D eigenvalue weighted by atomic mass is 32.2. The van der Waals surface area contributed by atoms with Gasteiger partial charge in [-0.05, 0) is 44.6 Å². The first-order chi connectivity index (χ1) is 12.4. The Hall–Kier alpha value is -2.02. The van der Waals surface area contributed by atoms with E-state index in [2.05, 4.69) is 4.72 Å². The van der Waals surface area contributed by atoms with Crippen molar-refractivity contribution in [1.29, 1.82) is 0 Å². The van der Waals surface area contributed by atoms with Gasteiger partial charge in [0, 0.05) is 24.1 Å². The molecule has 3 rings (SSSR count). The van der Waals surface area contributed by atoms with Gasteiger partial charge in [0.2, 0.25) is 10.0 Å². The van der Waals surface area contributed by atoms with Crippen LogP contribution in [-0.4, -0.2) is 39.7 Å². The average Bonchev–Trinajstić information content (AvgIpc) is 3.47. The van der Waals surface area contributed by atoms with Gasteiger partial charge in [0.25, 0.3) is 0 Å². The molecule has 0 amide bonds.